The van der Waals surface area contributed by atoms with Crippen LogP contribution in [-0.2, 0) is 32.7 Å². The van der Waals surface area contributed by atoms with Crippen molar-refractivity contribution in [3.8, 4) is 0 Å². The number of hydrogen-bond donors (Lipinski definition) is 1. The molecule has 0 amide bonds. The number of hydrogen-bond acceptors (Lipinski definition) is 7. The molecule has 0 aliphatic carbocycles. The van der Waals surface area contributed by atoms with E-state index in [0.717, 1.165) is 38.5 Å². The van der Waals surface area contributed by atoms with E-state index >= 15 is 0 Å². The lowest BCUT2D eigenvalue weighted by Crippen LogP contribution is -2.37. The van der Waals surface area contributed by atoms with Crippen molar-refractivity contribution in [2.45, 2.75) is 219 Å². The molecule has 0 aromatic carbocycles. The van der Waals surface area contributed by atoms with Crippen LogP contribution in [0.15, 0.2) is 0 Å². The van der Waals surface area contributed by atoms with Crippen LogP contribution in [0, 0.1) is 0 Å². The number of ether oxygens (including phenoxy) is 2. The van der Waals surface area contributed by atoms with Gasteiger partial charge in [-0.1, -0.05) is 187 Å². The second-order valence-corrected chi connectivity index (χ2v) is 17.9. The number of phosphoric acid groups is 1. The average Bonchev–Trinajstić information content (AvgIpc) is 3.10. The predicted octanol–water partition coefficient (Wildman–Crippen LogP) is 12.4. The molecule has 2 atom stereocenters. The maximum Gasteiger partial charge on any atom is 0.472 e. The number of likely N-dealkylation sites (N-methyl/N-ethyl adjacent to an activating group) is 1. The first-order valence-corrected chi connectivity index (χ1v) is 23.8. The van der Waals surface area contributed by atoms with Crippen molar-refractivity contribution in [2.24, 2.45) is 0 Å². The number of carbonyl (C=O) groups excluding carboxylic acids is 2. The van der Waals surface area contributed by atoms with Crippen molar-refractivity contribution in [1.82, 2.24) is 0 Å². The number of quaternary nitrogens is 1. The Bertz CT molecular complexity index is 881. The summed E-state index contributed by atoms with van der Waals surface area (Å²) in [4.78, 5) is 35.3. The fourth-order valence-corrected chi connectivity index (χ4v) is 7.11. The fourth-order valence-electron chi connectivity index (χ4n) is 6.37. The van der Waals surface area contributed by atoms with E-state index in [1.54, 1.807) is 0 Å². The third-order valence-corrected chi connectivity index (χ3v) is 10.9. The molecule has 1 unspecified atom stereocenters. The summed E-state index contributed by atoms with van der Waals surface area (Å²) in [6, 6.07) is 0. The van der Waals surface area contributed by atoms with Crippen LogP contribution in [0.5, 0.6) is 0 Å². The molecule has 9 nitrogen and oxygen atoms in total. The van der Waals surface area contributed by atoms with Crippen molar-refractivity contribution in [3.63, 3.8) is 0 Å². The molecular weight excluding hydrogens is 689 g/mol. The van der Waals surface area contributed by atoms with E-state index in [0.29, 0.717) is 17.4 Å². The second kappa shape index (κ2) is 36.6. The van der Waals surface area contributed by atoms with Crippen LogP contribution in [-0.4, -0.2) is 74.9 Å². The average molecular weight is 777 g/mol. The summed E-state index contributed by atoms with van der Waals surface area (Å²) in [6.45, 7) is 4.46. The molecule has 0 aliphatic rings. The summed E-state index contributed by atoms with van der Waals surface area (Å²) < 4.78 is 34.3. The van der Waals surface area contributed by atoms with Gasteiger partial charge < -0.3 is 18.9 Å². The van der Waals surface area contributed by atoms with Gasteiger partial charge in [0, 0.05) is 12.8 Å². The molecule has 0 radical (unpaired) electrons. The molecule has 0 aromatic rings. The molecular formula is C43H87NO8P+. The van der Waals surface area contributed by atoms with Crippen LogP contribution < -0.4 is 0 Å². The monoisotopic (exact) mass is 777 g/mol. The molecule has 0 saturated heterocycles. The molecule has 0 fully saturated rings. The smallest absolute Gasteiger partial charge is 0.462 e. The van der Waals surface area contributed by atoms with Crippen molar-refractivity contribution in [3.05, 3.63) is 0 Å². The Morgan fingerprint density at radius 3 is 1.21 bits per heavy atom. The Kier molecular flexibility index (Phi) is 36.0. The van der Waals surface area contributed by atoms with Gasteiger partial charge in [0.05, 0.1) is 27.7 Å². The minimum Gasteiger partial charge on any atom is -0.462 e. The number of carbonyl (C=O) groups is 2. The van der Waals surface area contributed by atoms with Crippen LogP contribution in [0.25, 0.3) is 0 Å². The van der Waals surface area contributed by atoms with Gasteiger partial charge in [-0.2, -0.15) is 0 Å². The van der Waals surface area contributed by atoms with Crippen molar-refractivity contribution in [1.29, 1.82) is 0 Å². The lowest BCUT2D eigenvalue weighted by Gasteiger charge is -2.24. The van der Waals surface area contributed by atoms with Gasteiger partial charge in [0.25, 0.3) is 0 Å². The highest BCUT2D eigenvalue weighted by Crippen LogP contribution is 2.43. The molecule has 0 aliphatic heterocycles. The Labute approximate surface area is 327 Å². The van der Waals surface area contributed by atoms with E-state index in [2.05, 4.69) is 13.8 Å². The third kappa shape index (κ3) is 40.5. The molecule has 0 saturated carbocycles. The molecule has 316 valence electrons. The van der Waals surface area contributed by atoms with E-state index in [1.165, 1.54) is 148 Å². The van der Waals surface area contributed by atoms with Crippen LogP contribution in [0.2, 0.25) is 0 Å². The van der Waals surface area contributed by atoms with E-state index in [4.69, 9.17) is 18.5 Å². The van der Waals surface area contributed by atoms with E-state index in [1.807, 2.05) is 21.1 Å². The summed E-state index contributed by atoms with van der Waals surface area (Å²) in [7, 11) is 1.49. The summed E-state index contributed by atoms with van der Waals surface area (Å²) in [5.74, 6) is -0.784. The molecule has 53 heavy (non-hydrogen) atoms. The quantitative estimate of drug-likeness (QED) is 0.0283. The first kappa shape index (κ1) is 52.0. The minimum atomic E-state index is -4.36. The molecule has 0 aromatic heterocycles. The number of esters is 2. The van der Waals surface area contributed by atoms with Crippen LogP contribution in [0.1, 0.15) is 213 Å². The van der Waals surface area contributed by atoms with Gasteiger partial charge in [-0.3, -0.25) is 18.6 Å². The van der Waals surface area contributed by atoms with Gasteiger partial charge >= 0.3 is 19.8 Å². The summed E-state index contributed by atoms with van der Waals surface area (Å²) in [6.07, 6.45) is 35.7. The fraction of sp³-hybridized carbons (Fsp3) is 0.953. The molecule has 0 spiro atoms. The summed E-state index contributed by atoms with van der Waals surface area (Å²) in [5.41, 5.74) is 0. The van der Waals surface area contributed by atoms with Crippen LogP contribution in [0.3, 0.4) is 0 Å². The Balaban J connectivity index is 4.31. The standard InChI is InChI=1S/C43H86NO8P/c1-6-8-10-12-14-16-18-20-21-22-24-26-28-30-32-34-36-43(46)52-41(40-51-53(47,48)50-38-37-44(3,4)5)39-49-42(45)35-33-31-29-27-25-23-19-17-15-13-11-9-7-2/h41H,6-40H2,1-5H3/p+1/t41-/m0/s1. The first-order chi connectivity index (χ1) is 25.5. The third-order valence-electron chi connectivity index (χ3n) is 9.89. The largest absolute Gasteiger partial charge is 0.472 e. The van der Waals surface area contributed by atoms with Gasteiger partial charge in [-0.05, 0) is 12.8 Å². The molecule has 0 bridgehead atoms. The highest BCUT2D eigenvalue weighted by Gasteiger charge is 2.27. The molecule has 0 rings (SSSR count). The number of rotatable bonds is 41. The normalized spacial score (nSPS) is 13.5. The van der Waals surface area contributed by atoms with Crippen molar-refractivity contribution < 1.29 is 42.1 Å². The molecule has 0 heterocycles. The molecule has 10 heteroatoms. The number of nitrogens with zero attached hydrogens (tertiary/aromatic N) is 1. The van der Waals surface area contributed by atoms with Gasteiger partial charge in [0.15, 0.2) is 6.10 Å². The maximum absolute atomic E-state index is 12.7. The van der Waals surface area contributed by atoms with E-state index in [9.17, 15) is 19.0 Å². The van der Waals surface area contributed by atoms with Gasteiger partial charge in [0.1, 0.15) is 19.8 Å². The topological polar surface area (TPSA) is 108 Å². The van der Waals surface area contributed by atoms with Gasteiger partial charge in [0.2, 0.25) is 0 Å². The van der Waals surface area contributed by atoms with Crippen molar-refractivity contribution >= 4 is 19.8 Å². The zero-order valence-electron chi connectivity index (χ0n) is 35.5. The number of unbranched alkanes of at least 4 members (excludes halogenated alkanes) is 27. The highest BCUT2D eigenvalue weighted by atomic mass is 31.2. The van der Waals surface area contributed by atoms with Crippen LogP contribution in [0.4, 0.5) is 0 Å². The predicted molar refractivity (Wildman–Crippen MR) is 220 cm³/mol. The zero-order valence-corrected chi connectivity index (χ0v) is 36.4. The van der Waals surface area contributed by atoms with Gasteiger partial charge in [-0.25, -0.2) is 4.57 Å². The summed E-state index contributed by atoms with van der Waals surface area (Å²) in [5, 5.41) is 0. The van der Waals surface area contributed by atoms with Crippen molar-refractivity contribution in [2.75, 3.05) is 47.5 Å². The summed E-state index contributed by atoms with van der Waals surface area (Å²) >= 11 is 0. The minimum absolute atomic E-state index is 0.0368. The first-order valence-electron chi connectivity index (χ1n) is 22.3. The lowest BCUT2D eigenvalue weighted by molar-refractivity contribution is -0.870. The van der Waals surface area contributed by atoms with E-state index < -0.39 is 26.5 Å². The Hall–Kier alpha value is -0.990. The van der Waals surface area contributed by atoms with Crippen LogP contribution >= 0.6 is 7.82 Å². The Morgan fingerprint density at radius 1 is 0.509 bits per heavy atom. The second-order valence-electron chi connectivity index (χ2n) is 16.5. The zero-order chi connectivity index (χ0) is 39.3. The highest BCUT2D eigenvalue weighted by molar-refractivity contribution is 7.47. The maximum atomic E-state index is 12.7. The van der Waals surface area contributed by atoms with Gasteiger partial charge in [-0.15, -0.1) is 0 Å². The SMILES string of the molecule is CCCCCCCCCCCCCCCCCCC(=O)O[C@@H](COC(=O)CCCCCCCCCCCCCCC)COP(=O)(O)OCC[N+](C)(C)C. The lowest BCUT2D eigenvalue weighted by atomic mass is 10.0. The number of phosphoric ester groups is 1. The Morgan fingerprint density at radius 2 is 0.849 bits per heavy atom. The van der Waals surface area contributed by atoms with E-state index in [-0.39, 0.29) is 25.6 Å². The molecule has 1 N–H and O–H groups in total.